The second-order valence-corrected chi connectivity index (χ2v) is 3.66. The number of amides is 1. The molecule has 0 spiro atoms. The fraction of sp³-hybridized carbons (Fsp3) is 0.250. The van der Waals surface area contributed by atoms with Crippen LogP contribution in [0.15, 0.2) is 22.3 Å². The Balaban J connectivity index is 2.66. The number of nitrogens with zero attached hydrogens (tertiary/aromatic N) is 1. The molecule has 0 aliphatic rings. The fourth-order valence-corrected chi connectivity index (χ4v) is 1.07. The van der Waals surface area contributed by atoms with Crippen LogP contribution in [0.3, 0.4) is 0 Å². The van der Waals surface area contributed by atoms with Gasteiger partial charge < -0.3 is 5.32 Å². The molecule has 5 heteroatoms. The number of nitrogens with one attached hydrogen (secondary N) is 2. The van der Waals surface area contributed by atoms with Crippen LogP contribution in [0.2, 0.25) is 0 Å². The maximum absolute atomic E-state index is 11.2. The molecule has 70 valence electrons. The van der Waals surface area contributed by atoms with Crippen molar-refractivity contribution in [3.63, 3.8) is 0 Å². The van der Waals surface area contributed by atoms with Gasteiger partial charge in [-0.25, -0.2) is 0 Å². The van der Waals surface area contributed by atoms with Crippen LogP contribution in [-0.2, 0) is 4.79 Å². The minimum atomic E-state index is -0.162. The molecule has 1 rings (SSSR count). The first-order valence-corrected chi connectivity index (χ1v) is 4.53. The molecule has 13 heavy (non-hydrogen) atoms. The lowest BCUT2D eigenvalue weighted by atomic mass is 10.3. The van der Waals surface area contributed by atoms with Crippen LogP contribution < -0.4 is 5.32 Å². The Bertz CT molecular complexity index is 339. The molecule has 1 heterocycles. The highest BCUT2D eigenvalue weighted by atomic mass is 79.9. The summed E-state index contributed by atoms with van der Waals surface area (Å²) in [5.74, 6) is 0.410. The number of rotatable bonds is 2. The largest absolute Gasteiger partial charge is 0.307 e. The van der Waals surface area contributed by atoms with Crippen molar-refractivity contribution in [1.29, 1.82) is 0 Å². The predicted molar refractivity (Wildman–Crippen MR) is 54.3 cm³/mol. The van der Waals surface area contributed by atoms with Gasteiger partial charge in [-0.15, -0.1) is 0 Å². The Hall–Kier alpha value is -1.10. The summed E-state index contributed by atoms with van der Waals surface area (Å²) in [4.78, 5) is 11.2. The first-order valence-electron chi connectivity index (χ1n) is 3.74. The molecule has 0 aromatic carbocycles. The van der Waals surface area contributed by atoms with E-state index in [0.717, 1.165) is 10.0 Å². The Morgan fingerprint density at radius 1 is 1.69 bits per heavy atom. The third kappa shape index (κ3) is 3.02. The highest BCUT2D eigenvalue weighted by Crippen LogP contribution is 2.17. The van der Waals surface area contributed by atoms with Crippen molar-refractivity contribution < 1.29 is 4.79 Å². The molecular weight excluding hydrogens is 234 g/mol. The number of allylic oxidation sites excluding steroid dienone is 1. The van der Waals surface area contributed by atoms with Gasteiger partial charge in [0.15, 0.2) is 0 Å². The van der Waals surface area contributed by atoms with Gasteiger partial charge in [0.1, 0.15) is 5.82 Å². The number of H-pyrrole nitrogens is 1. The maximum atomic E-state index is 11.2. The van der Waals surface area contributed by atoms with E-state index < -0.39 is 0 Å². The summed E-state index contributed by atoms with van der Waals surface area (Å²) in [5.41, 5.74) is 0.952. The van der Waals surface area contributed by atoms with E-state index in [4.69, 9.17) is 0 Å². The van der Waals surface area contributed by atoms with E-state index >= 15 is 0 Å². The van der Waals surface area contributed by atoms with Crippen molar-refractivity contribution in [2.45, 2.75) is 13.8 Å². The van der Waals surface area contributed by atoms with Crippen molar-refractivity contribution in [3.05, 3.63) is 22.3 Å². The first-order chi connectivity index (χ1) is 6.09. The molecule has 0 aliphatic carbocycles. The maximum Gasteiger partial charge on any atom is 0.249 e. The molecule has 0 saturated carbocycles. The molecule has 0 bridgehead atoms. The van der Waals surface area contributed by atoms with Crippen LogP contribution in [-0.4, -0.2) is 16.1 Å². The van der Waals surface area contributed by atoms with Gasteiger partial charge in [0.05, 0.1) is 10.7 Å². The number of anilines is 1. The third-order valence-electron chi connectivity index (χ3n) is 1.26. The van der Waals surface area contributed by atoms with Crippen LogP contribution >= 0.6 is 15.9 Å². The predicted octanol–water partition coefficient (Wildman–Crippen LogP) is 2.08. The lowest BCUT2D eigenvalue weighted by Gasteiger charge is -1.98. The number of carbonyl (C=O) groups is 1. The number of aromatic amines is 1. The normalized spacial score (nSPS) is 9.46. The Morgan fingerprint density at radius 2 is 2.38 bits per heavy atom. The van der Waals surface area contributed by atoms with Gasteiger partial charge in [-0.2, -0.15) is 5.10 Å². The molecule has 0 radical (unpaired) electrons. The zero-order valence-corrected chi connectivity index (χ0v) is 8.97. The molecule has 4 nitrogen and oxygen atoms in total. The van der Waals surface area contributed by atoms with Crippen LogP contribution in [0.5, 0.6) is 0 Å². The second-order valence-electron chi connectivity index (χ2n) is 2.80. The van der Waals surface area contributed by atoms with Crippen molar-refractivity contribution in [2.75, 3.05) is 5.32 Å². The van der Waals surface area contributed by atoms with Crippen molar-refractivity contribution in [3.8, 4) is 0 Å². The van der Waals surface area contributed by atoms with Crippen LogP contribution in [0.25, 0.3) is 0 Å². The van der Waals surface area contributed by atoms with Gasteiger partial charge in [0, 0.05) is 6.08 Å². The zero-order valence-electron chi connectivity index (χ0n) is 7.39. The van der Waals surface area contributed by atoms with Gasteiger partial charge in [-0.1, -0.05) is 5.57 Å². The molecule has 0 aliphatic heterocycles. The quantitative estimate of drug-likeness (QED) is 0.782. The van der Waals surface area contributed by atoms with Gasteiger partial charge in [0.25, 0.3) is 0 Å². The summed E-state index contributed by atoms with van der Waals surface area (Å²) in [5, 5.41) is 9.04. The van der Waals surface area contributed by atoms with Gasteiger partial charge >= 0.3 is 0 Å². The van der Waals surface area contributed by atoms with Crippen molar-refractivity contribution >= 4 is 27.7 Å². The van der Waals surface area contributed by atoms with Crippen molar-refractivity contribution in [2.24, 2.45) is 0 Å². The van der Waals surface area contributed by atoms with E-state index in [1.54, 1.807) is 6.20 Å². The van der Waals surface area contributed by atoms with E-state index in [2.05, 4.69) is 31.4 Å². The molecule has 0 atom stereocenters. The molecule has 0 saturated heterocycles. The summed E-state index contributed by atoms with van der Waals surface area (Å²) < 4.78 is 0.739. The highest BCUT2D eigenvalue weighted by molar-refractivity contribution is 9.10. The van der Waals surface area contributed by atoms with E-state index in [0.29, 0.717) is 5.82 Å². The molecule has 1 amide bonds. The SMILES string of the molecule is CC(C)=CC(=O)Nc1[nH]ncc1Br. The van der Waals surface area contributed by atoms with Gasteiger partial charge in [-0.3, -0.25) is 9.89 Å². The second kappa shape index (κ2) is 4.23. The van der Waals surface area contributed by atoms with Gasteiger partial charge in [-0.05, 0) is 29.8 Å². The third-order valence-corrected chi connectivity index (χ3v) is 1.86. The summed E-state index contributed by atoms with van der Waals surface area (Å²) in [6.07, 6.45) is 3.10. The smallest absolute Gasteiger partial charge is 0.249 e. The Kier molecular flexibility index (Phi) is 3.25. The van der Waals surface area contributed by atoms with Gasteiger partial charge in [0.2, 0.25) is 5.91 Å². The highest BCUT2D eigenvalue weighted by Gasteiger charge is 2.03. The molecule has 2 N–H and O–H groups in total. The molecule has 0 unspecified atom stereocenters. The topological polar surface area (TPSA) is 57.8 Å². The summed E-state index contributed by atoms with van der Waals surface area (Å²) >= 11 is 3.23. The standard InChI is InChI=1S/C8H10BrN3O/c1-5(2)3-7(13)11-8-6(9)4-10-12-8/h3-4H,1-2H3,(H2,10,11,12,13). The summed E-state index contributed by atoms with van der Waals surface area (Å²) in [6, 6.07) is 0. The minimum Gasteiger partial charge on any atom is -0.307 e. The minimum absolute atomic E-state index is 0.162. The Labute approximate surface area is 84.5 Å². The number of aromatic nitrogens is 2. The summed E-state index contributed by atoms with van der Waals surface area (Å²) in [6.45, 7) is 3.73. The van der Waals surface area contributed by atoms with Crippen LogP contribution in [0, 0.1) is 0 Å². The van der Waals surface area contributed by atoms with E-state index in [1.165, 1.54) is 6.08 Å². The number of hydrogen-bond donors (Lipinski definition) is 2. The van der Waals surface area contributed by atoms with Crippen LogP contribution in [0.4, 0.5) is 5.82 Å². The number of hydrogen-bond acceptors (Lipinski definition) is 2. The molecule has 1 aromatic rings. The van der Waals surface area contributed by atoms with Crippen LogP contribution in [0.1, 0.15) is 13.8 Å². The average molecular weight is 244 g/mol. The molecule has 1 aromatic heterocycles. The lowest BCUT2D eigenvalue weighted by molar-refractivity contribution is -0.112. The van der Waals surface area contributed by atoms with E-state index in [1.807, 2.05) is 13.8 Å². The average Bonchev–Trinajstić information content (AvgIpc) is 2.34. The monoisotopic (exact) mass is 243 g/mol. The molecule has 0 fully saturated rings. The van der Waals surface area contributed by atoms with E-state index in [-0.39, 0.29) is 5.91 Å². The Morgan fingerprint density at radius 3 is 2.85 bits per heavy atom. The number of halogens is 1. The number of carbonyl (C=O) groups excluding carboxylic acids is 1. The fourth-order valence-electron chi connectivity index (χ4n) is 0.781. The lowest BCUT2D eigenvalue weighted by Crippen LogP contribution is -2.09. The van der Waals surface area contributed by atoms with Crippen molar-refractivity contribution in [1.82, 2.24) is 10.2 Å². The van der Waals surface area contributed by atoms with E-state index in [9.17, 15) is 4.79 Å². The summed E-state index contributed by atoms with van der Waals surface area (Å²) in [7, 11) is 0. The zero-order chi connectivity index (χ0) is 9.84. The first kappa shape index (κ1) is 9.98. The molecular formula is C8H10BrN3O.